The van der Waals surface area contributed by atoms with Crippen LogP contribution in [0, 0.1) is 0 Å². The molecule has 1 fully saturated rings. The van der Waals surface area contributed by atoms with Crippen molar-refractivity contribution in [1.29, 1.82) is 0 Å². The van der Waals surface area contributed by atoms with Crippen molar-refractivity contribution in [2.24, 2.45) is 0 Å². The Kier molecular flexibility index (Phi) is 5.00. The molecule has 0 unspecified atom stereocenters. The fourth-order valence-electron chi connectivity index (χ4n) is 1.80. The second kappa shape index (κ2) is 6.74. The fraction of sp³-hybridized carbons (Fsp3) is 0.583. The lowest BCUT2D eigenvalue weighted by atomic mass is 10.1. The molecule has 7 heteroatoms. The van der Waals surface area contributed by atoms with Crippen molar-refractivity contribution in [3.8, 4) is 0 Å². The Balaban J connectivity index is 1.75. The van der Waals surface area contributed by atoms with Gasteiger partial charge >= 0.3 is 0 Å². The standard InChI is InChI=1S/C12H17N3O3S/c1-8(16)10-7-19-12(14-10)15-11(17)6-18-9-2-4-13-5-3-9/h7,9,13H,2-6H2,1H3,(H,14,15,17). The molecule has 6 nitrogen and oxygen atoms in total. The van der Waals surface area contributed by atoms with Crippen LogP contribution in [0.2, 0.25) is 0 Å². The number of aromatic nitrogens is 1. The highest BCUT2D eigenvalue weighted by molar-refractivity contribution is 7.14. The number of thiazole rings is 1. The molecule has 1 amide bonds. The van der Waals surface area contributed by atoms with Crippen molar-refractivity contribution in [3.05, 3.63) is 11.1 Å². The van der Waals surface area contributed by atoms with Gasteiger partial charge in [-0.15, -0.1) is 11.3 Å². The highest BCUT2D eigenvalue weighted by Gasteiger charge is 2.15. The molecule has 0 spiro atoms. The number of nitrogens with one attached hydrogen (secondary N) is 2. The first-order chi connectivity index (χ1) is 9.15. The minimum Gasteiger partial charge on any atom is -0.368 e. The maximum Gasteiger partial charge on any atom is 0.252 e. The number of ether oxygens (including phenoxy) is 1. The molecule has 1 aliphatic rings. The predicted octanol–water partition coefficient (Wildman–Crippen LogP) is 1.05. The van der Waals surface area contributed by atoms with Crippen LogP contribution < -0.4 is 10.6 Å². The molecule has 0 atom stereocenters. The first kappa shape index (κ1) is 14.1. The third kappa shape index (κ3) is 4.38. The van der Waals surface area contributed by atoms with Gasteiger partial charge in [0.25, 0.3) is 5.91 Å². The monoisotopic (exact) mass is 283 g/mol. The summed E-state index contributed by atoms with van der Waals surface area (Å²) in [5.41, 5.74) is 0.375. The zero-order valence-electron chi connectivity index (χ0n) is 10.8. The summed E-state index contributed by atoms with van der Waals surface area (Å²) < 4.78 is 5.53. The molecule has 1 saturated heterocycles. The summed E-state index contributed by atoms with van der Waals surface area (Å²) >= 11 is 1.24. The number of carbonyl (C=O) groups is 2. The number of ketones is 1. The van der Waals surface area contributed by atoms with E-state index in [1.165, 1.54) is 18.3 Å². The number of anilines is 1. The smallest absolute Gasteiger partial charge is 0.252 e. The highest BCUT2D eigenvalue weighted by atomic mass is 32.1. The number of rotatable bonds is 5. The molecule has 0 aromatic carbocycles. The third-order valence-corrected chi connectivity index (χ3v) is 3.61. The number of hydrogen-bond acceptors (Lipinski definition) is 6. The molecule has 0 radical (unpaired) electrons. The molecule has 19 heavy (non-hydrogen) atoms. The largest absolute Gasteiger partial charge is 0.368 e. The van der Waals surface area contributed by atoms with E-state index in [2.05, 4.69) is 15.6 Å². The van der Waals surface area contributed by atoms with E-state index in [4.69, 9.17) is 4.74 Å². The van der Waals surface area contributed by atoms with Crippen LogP contribution in [0.25, 0.3) is 0 Å². The van der Waals surface area contributed by atoms with Crippen LogP contribution in [0.1, 0.15) is 30.3 Å². The summed E-state index contributed by atoms with van der Waals surface area (Å²) in [6.07, 6.45) is 2.01. The van der Waals surface area contributed by atoms with E-state index in [1.54, 1.807) is 5.38 Å². The highest BCUT2D eigenvalue weighted by Crippen LogP contribution is 2.15. The first-order valence-electron chi connectivity index (χ1n) is 6.24. The molecule has 1 aliphatic heterocycles. The summed E-state index contributed by atoms with van der Waals surface area (Å²) in [4.78, 5) is 26.8. The van der Waals surface area contributed by atoms with Gasteiger partial charge in [0, 0.05) is 12.3 Å². The zero-order valence-corrected chi connectivity index (χ0v) is 11.6. The average molecular weight is 283 g/mol. The van der Waals surface area contributed by atoms with Gasteiger partial charge in [-0.05, 0) is 25.9 Å². The SMILES string of the molecule is CC(=O)c1csc(NC(=O)COC2CCNCC2)n1. The van der Waals surface area contributed by atoms with E-state index in [0.717, 1.165) is 25.9 Å². The second-order valence-electron chi connectivity index (χ2n) is 4.40. The molecule has 2 heterocycles. The first-order valence-corrected chi connectivity index (χ1v) is 7.12. The molecule has 0 aliphatic carbocycles. The molecule has 0 bridgehead atoms. The van der Waals surface area contributed by atoms with E-state index >= 15 is 0 Å². The molecule has 1 aromatic rings. The van der Waals surface area contributed by atoms with E-state index in [9.17, 15) is 9.59 Å². The van der Waals surface area contributed by atoms with Crippen molar-refractivity contribution in [2.45, 2.75) is 25.9 Å². The Morgan fingerprint density at radius 3 is 2.89 bits per heavy atom. The summed E-state index contributed by atoms with van der Waals surface area (Å²) in [6, 6.07) is 0. The van der Waals surface area contributed by atoms with Crippen LogP contribution in [-0.2, 0) is 9.53 Å². The van der Waals surface area contributed by atoms with Gasteiger partial charge in [0.2, 0.25) is 0 Å². The second-order valence-corrected chi connectivity index (χ2v) is 5.26. The fourth-order valence-corrected chi connectivity index (χ4v) is 2.57. The van der Waals surface area contributed by atoms with Gasteiger partial charge in [-0.25, -0.2) is 4.98 Å². The van der Waals surface area contributed by atoms with Crippen LogP contribution in [0.15, 0.2) is 5.38 Å². The lowest BCUT2D eigenvalue weighted by molar-refractivity contribution is -0.123. The molecule has 2 rings (SSSR count). The number of nitrogens with zero attached hydrogens (tertiary/aromatic N) is 1. The molecule has 2 N–H and O–H groups in total. The molecule has 1 aromatic heterocycles. The van der Waals surface area contributed by atoms with E-state index in [1.807, 2.05) is 0 Å². The zero-order chi connectivity index (χ0) is 13.7. The van der Waals surface area contributed by atoms with Crippen molar-refractivity contribution in [3.63, 3.8) is 0 Å². The van der Waals surface area contributed by atoms with E-state index < -0.39 is 0 Å². The van der Waals surface area contributed by atoms with Gasteiger partial charge in [-0.3, -0.25) is 14.9 Å². The summed E-state index contributed by atoms with van der Waals surface area (Å²) in [5.74, 6) is -0.342. The quantitative estimate of drug-likeness (QED) is 0.790. The van der Waals surface area contributed by atoms with Crippen LogP contribution >= 0.6 is 11.3 Å². The molecular weight excluding hydrogens is 266 g/mol. The van der Waals surface area contributed by atoms with E-state index in [-0.39, 0.29) is 24.4 Å². The van der Waals surface area contributed by atoms with Crippen LogP contribution in [0.4, 0.5) is 5.13 Å². The Morgan fingerprint density at radius 1 is 1.53 bits per heavy atom. The number of carbonyl (C=O) groups excluding carboxylic acids is 2. The van der Waals surface area contributed by atoms with Gasteiger partial charge in [0.15, 0.2) is 10.9 Å². The van der Waals surface area contributed by atoms with Crippen LogP contribution in [0.3, 0.4) is 0 Å². The molecular formula is C12H17N3O3S. The Hall–Kier alpha value is -1.31. The maximum atomic E-state index is 11.7. The minimum atomic E-state index is -0.233. The Bertz CT molecular complexity index is 455. The maximum absolute atomic E-state index is 11.7. The van der Waals surface area contributed by atoms with Crippen molar-refractivity contribution in [1.82, 2.24) is 10.3 Å². The van der Waals surface area contributed by atoms with Gasteiger partial charge < -0.3 is 10.1 Å². The average Bonchev–Trinajstić information content (AvgIpc) is 2.86. The number of amides is 1. The van der Waals surface area contributed by atoms with Crippen LogP contribution in [-0.4, -0.2) is 42.5 Å². The lowest BCUT2D eigenvalue weighted by Gasteiger charge is -2.22. The van der Waals surface area contributed by atoms with Crippen molar-refractivity contribution >= 4 is 28.2 Å². The van der Waals surface area contributed by atoms with Gasteiger partial charge in [-0.2, -0.15) is 0 Å². The topological polar surface area (TPSA) is 80.3 Å². The number of Topliss-reactive ketones (excluding diaryl/α,β-unsaturated/α-hetero) is 1. The number of piperidine rings is 1. The normalized spacial score (nSPS) is 16.3. The molecule has 0 saturated carbocycles. The van der Waals surface area contributed by atoms with Gasteiger partial charge in [0.1, 0.15) is 12.3 Å². The third-order valence-electron chi connectivity index (χ3n) is 2.85. The van der Waals surface area contributed by atoms with Crippen molar-refractivity contribution in [2.75, 3.05) is 25.0 Å². The van der Waals surface area contributed by atoms with Gasteiger partial charge in [0.05, 0.1) is 6.10 Å². The van der Waals surface area contributed by atoms with Crippen molar-refractivity contribution < 1.29 is 14.3 Å². The Labute approximate surface area is 115 Å². The Morgan fingerprint density at radius 2 is 2.26 bits per heavy atom. The van der Waals surface area contributed by atoms with Gasteiger partial charge in [-0.1, -0.05) is 0 Å². The summed E-state index contributed by atoms with van der Waals surface area (Å²) in [5, 5.41) is 7.93. The predicted molar refractivity (Wildman–Crippen MR) is 72.6 cm³/mol. The number of hydrogen-bond donors (Lipinski definition) is 2. The van der Waals surface area contributed by atoms with Crippen LogP contribution in [0.5, 0.6) is 0 Å². The lowest BCUT2D eigenvalue weighted by Crippen LogP contribution is -2.34. The minimum absolute atomic E-state index is 0.0274. The molecule has 104 valence electrons. The van der Waals surface area contributed by atoms with E-state index in [0.29, 0.717) is 10.8 Å². The summed E-state index contributed by atoms with van der Waals surface area (Å²) in [6.45, 7) is 3.34. The summed E-state index contributed by atoms with van der Waals surface area (Å²) in [7, 11) is 0.